The predicted molar refractivity (Wildman–Crippen MR) is 40.3 cm³/mol. The van der Waals surface area contributed by atoms with Gasteiger partial charge in [-0.05, 0) is 13.3 Å². The third-order valence-electron chi connectivity index (χ3n) is 1.73. The molecule has 1 saturated heterocycles. The number of epoxide rings is 1. The number of hydrogen-bond acceptors (Lipinski definition) is 3. The smallest absolute Gasteiger partial charge is 0.0871 e. The molecule has 0 aromatic heterocycles. The molecule has 1 heterocycles. The normalized spacial score (nSPS) is 32.4. The molecule has 0 aromatic rings. The van der Waals surface area contributed by atoms with Crippen LogP contribution in [0, 0.1) is 0 Å². The van der Waals surface area contributed by atoms with Gasteiger partial charge in [0.1, 0.15) is 0 Å². The van der Waals surface area contributed by atoms with Crippen molar-refractivity contribution in [3.05, 3.63) is 0 Å². The van der Waals surface area contributed by atoms with E-state index in [-0.39, 0.29) is 0 Å². The molecule has 1 fully saturated rings. The third kappa shape index (κ3) is 2.25. The highest BCUT2D eigenvalue weighted by Crippen LogP contribution is 2.29. The SMILES string of the molecule is CCC1O[C@H]1CC(C)(N)N. The minimum Gasteiger partial charge on any atom is -0.369 e. The summed E-state index contributed by atoms with van der Waals surface area (Å²) >= 11 is 0. The third-order valence-corrected chi connectivity index (χ3v) is 1.73. The van der Waals surface area contributed by atoms with Crippen molar-refractivity contribution in [3.63, 3.8) is 0 Å². The summed E-state index contributed by atoms with van der Waals surface area (Å²) in [5.74, 6) is 0. The zero-order valence-electron chi connectivity index (χ0n) is 6.63. The first kappa shape index (κ1) is 7.98. The topological polar surface area (TPSA) is 64.6 Å². The van der Waals surface area contributed by atoms with Crippen molar-refractivity contribution in [2.45, 2.75) is 44.6 Å². The summed E-state index contributed by atoms with van der Waals surface area (Å²) in [6.45, 7) is 3.93. The molecule has 0 aliphatic carbocycles. The van der Waals surface area contributed by atoms with Crippen molar-refractivity contribution >= 4 is 0 Å². The van der Waals surface area contributed by atoms with Gasteiger partial charge in [0.2, 0.25) is 0 Å². The van der Waals surface area contributed by atoms with Crippen LogP contribution < -0.4 is 11.5 Å². The van der Waals surface area contributed by atoms with Crippen molar-refractivity contribution in [3.8, 4) is 0 Å². The van der Waals surface area contributed by atoms with Gasteiger partial charge in [0.05, 0.1) is 17.9 Å². The molecule has 3 nitrogen and oxygen atoms in total. The molecule has 60 valence electrons. The van der Waals surface area contributed by atoms with Gasteiger partial charge in [0.15, 0.2) is 0 Å². The summed E-state index contributed by atoms with van der Waals surface area (Å²) in [7, 11) is 0. The molecule has 1 rings (SSSR count). The highest BCUT2D eigenvalue weighted by Gasteiger charge is 2.39. The van der Waals surface area contributed by atoms with Gasteiger partial charge >= 0.3 is 0 Å². The lowest BCUT2D eigenvalue weighted by Gasteiger charge is -2.16. The van der Waals surface area contributed by atoms with E-state index in [4.69, 9.17) is 16.2 Å². The Labute approximate surface area is 61.7 Å². The summed E-state index contributed by atoms with van der Waals surface area (Å²) in [4.78, 5) is 0. The molecule has 0 aromatic carbocycles. The molecule has 1 unspecified atom stereocenters. The quantitative estimate of drug-likeness (QED) is 0.439. The molecule has 4 N–H and O–H groups in total. The highest BCUT2D eigenvalue weighted by molar-refractivity contribution is 4.89. The van der Waals surface area contributed by atoms with E-state index in [1.807, 2.05) is 6.92 Å². The van der Waals surface area contributed by atoms with Crippen LogP contribution in [0.25, 0.3) is 0 Å². The molecule has 0 spiro atoms. The van der Waals surface area contributed by atoms with Crippen molar-refractivity contribution in [1.29, 1.82) is 0 Å². The van der Waals surface area contributed by atoms with E-state index in [1.54, 1.807) is 0 Å². The molecule has 0 bridgehead atoms. The number of rotatable bonds is 3. The molecule has 0 radical (unpaired) electrons. The Morgan fingerprint density at radius 2 is 2.00 bits per heavy atom. The lowest BCUT2D eigenvalue weighted by Crippen LogP contribution is -2.47. The van der Waals surface area contributed by atoms with E-state index in [0.29, 0.717) is 12.2 Å². The van der Waals surface area contributed by atoms with Gasteiger partial charge in [-0.15, -0.1) is 0 Å². The Hall–Kier alpha value is -0.120. The van der Waals surface area contributed by atoms with Gasteiger partial charge in [-0.2, -0.15) is 0 Å². The fraction of sp³-hybridized carbons (Fsp3) is 1.00. The van der Waals surface area contributed by atoms with Gasteiger partial charge < -0.3 is 16.2 Å². The zero-order valence-corrected chi connectivity index (χ0v) is 6.63. The average Bonchev–Trinajstić information content (AvgIpc) is 2.42. The maximum atomic E-state index is 5.59. The van der Waals surface area contributed by atoms with Gasteiger partial charge in [-0.25, -0.2) is 0 Å². The van der Waals surface area contributed by atoms with E-state index in [0.717, 1.165) is 12.8 Å². The Morgan fingerprint density at radius 1 is 1.40 bits per heavy atom. The maximum Gasteiger partial charge on any atom is 0.0871 e. The summed E-state index contributed by atoms with van der Waals surface area (Å²) in [5, 5.41) is 0. The molecule has 1 aliphatic heterocycles. The van der Waals surface area contributed by atoms with Crippen molar-refractivity contribution < 1.29 is 4.74 Å². The summed E-state index contributed by atoms with van der Waals surface area (Å²) in [6, 6.07) is 0. The van der Waals surface area contributed by atoms with Crippen LogP contribution in [0.2, 0.25) is 0 Å². The maximum absolute atomic E-state index is 5.59. The van der Waals surface area contributed by atoms with Gasteiger partial charge in [-0.1, -0.05) is 6.92 Å². The van der Waals surface area contributed by atoms with Crippen LogP contribution in [-0.2, 0) is 4.74 Å². The molecule has 2 atom stereocenters. The van der Waals surface area contributed by atoms with Crippen LogP contribution in [-0.4, -0.2) is 17.9 Å². The lowest BCUT2D eigenvalue weighted by atomic mass is 10.1. The molecule has 0 amide bonds. The first-order valence-electron chi connectivity index (χ1n) is 3.76. The van der Waals surface area contributed by atoms with Gasteiger partial charge in [0, 0.05) is 6.42 Å². The van der Waals surface area contributed by atoms with Crippen LogP contribution in [0.3, 0.4) is 0 Å². The van der Waals surface area contributed by atoms with E-state index >= 15 is 0 Å². The number of hydrogen-bond donors (Lipinski definition) is 2. The fourth-order valence-electron chi connectivity index (χ4n) is 1.15. The summed E-state index contributed by atoms with van der Waals surface area (Å²) in [6.07, 6.45) is 2.59. The fourth-order valence-corrected chi connectivity index (χ4v) is 1.15. The van der Waals surface area contributed by atoms with Gasteiger partial charge in [-0.3, -0.25) is 0 Å². The first-order valence-corrected chi connectivity index (χ1v) is 3.76. The van der Waals surface area contributed by atoms with Crippen molar-refractivity contribution in [1.82, 2.24) is 0 Å². The minimum atomic E-state index is -0.561. The molecule has 1 aliphatic rings. The molecular weight excluding hydrogens is 128 g/mol. The number of nitrogens with two attached hydrogens (primary N) is 2. The first-order chi connectivity index (χ1) is 4.53. The lowest BCUT2D eigenvalue weighted by molar-refractivity contribution is 0.323. The van der Waals surface area contributed by atoms with E-state index in [9.17, 15) is 0 Å². The molecular formula is C7H16N2O. The zero-order chi connectivity index (χ0) is 7.78. The molecule has 10 heavy (non-hydrogen) atoms. The second-order valence-electron chi connectivity index (χ2n) is 3.33. The van der Waals surface area contributed by atoms with Crippen LogP contribution >= 0.6 is 0 Å². The largest absolute Gasteiger partial charge is 0.369 e. The average molecular weight is 144 g/mol. The summed E-state index contributed by atoms with van der Waals surface area (Å²) in [5.41, 5.74) is 10.6. The minimum absolute atomic E-state index is 0.324. The van der Waals surface area contributed by atoms with Crippen LogP contribution in [0.4, 0.5) is 0 Å². The van der Waals surface area contributed by atoms with Gasteiger partial charge in [0.25, 0.3) is 0 Å². The predicted octanol–water partition coefficient (Wildman–Crippen LogP) is 0.188. The van der Waals surface area contributed by atoms with Crippen LogP contribution in [0.15, 0.2) is 0 Å². The highest BCUT2D eigenvalue weighted by atomic mass is 16.6. The Bertz CT molecular complexity index is 119. The van der Waals surface area contributed by atoms with E-state index in [1.165, 1.54) is 0 Å². The Morgan fingerprint density at radius 3 is 2.30 bits per heavy atom. The molecule has 0 saturated carbocycles. The second kappa shape index (κ2) is 2.49. The second-order valence-corrected chi connectivity index (χ2v) is 3.33. The molecule has 3 heteroatoms. The van der Waals surface area contributed by atoms with Crippen molar-refractivity contribution in [2.24, 2.45) is 11.5 Å². The summed E-state index contributed by atoms with van der Waals surface area (Å²) < 4.78 is 5.28. The van der Waals surface area contributed by atoms with E-state index in [2.05, 4.69) is 6.92 Å². The Balaban J connectivity index is 2.18. The van der Waals surface area contributed by atoms with Crippen molar-refractivity contribution in [2.75, 3.05) is 0 Å². The monoisotopic (exact) mass is 144 g/mol. The standard InChI is InChI=1S/C7H16N2O/c1-3-5-6(10-5)4-7(2,8)9/h5-6H,3-4,8-9H2,1-2H3/t5?,6-/m0/s1. The van der Waals surface area contributed by atoms with E-state index < -0.39 is 5.66 Å². The van der Waals surface area contributed by atoms with Crippen LogP contribution in [0.1, 0.15) is 26.7 Å². The van der Waals surface area contributed by atoms with Crippen LogP contribution in [0.5, 0.6) is 0 Å². The Kier molecular flexibility index (Phi) is 1.99. The number of ether oxygens (including phenoxy) is 1.